The largest absolute Gasteiger partial charge is 0.295 e. The fourth-order valence-electron chi connectivity index (χ4n) is 3.01. The summed E-state index contributed by atoms with van der Waals surface area (Å²) >= 11 is 6.41. The molecule has 4 rings (SSSR count). The van der Waals surface area contributed by atoms with Gasteiger partial charge in [0, 0.05) is 6.20 Å². The van der Waals surface area contributed by atoms with Crippen molar-refractivity contribution in [1.82, 2.24) is 24.6 Å². The van der Waals surface area contributed by atoms with Crippen LogP contribution < -0.4 is 5.43 Å². The summed E-state index contributed by atoms with van der Waals surface area (Å²) in [5.74, 6) is -0.738. The maximum Gasteiger partial charge on any atom is 0.290 e. The number of rotatable bonds is 4. The Bertz CT molecular complexity index is 1240. The molecular weight excluding hydrogens is 395 g/mol. The normalized spacial score (nSPS) is 11.4. The Hall–Kier alpha value is -3.52. The van der Waals surface area contributed by atoms with Crippen molar-refractivity contribution in [3.63, 3.8) is 0 Å². The first-order valence-corrected chi connectivity index (χ1v) is 9.11. The second-order valence-electron chi connectivity index (χ2n) is 6.35. The summed E-state index contributed by atoms with van der Waals surface area (Å²) < 4.78 is 16.3. The smallest absolute Gasteiger partial charge is 0.290 e. The molecule has 0 aliphatic rings. The van der Waals surface area contributed by atoms with Crippen LogP contribution in [-0.4, -0.2) is 31.3 Å². The second-order valence-corrected chi connectivity index (χ2v) is 6.71. The molecule has 7 nitrogen and oxygen atoms in total. The summed E-state index contributed by atoms with van der Waals surface area (Å²) in [5.41, 5.74) is 5.96. The molecule has 1 aromatic carbocycles. The Morgan fingerprint density at radius 1 is 1.17 bits per heavy atom. The fraction of sp³-hybridized carbons (Fsp3) is 0.100. The van der Waals surface area contributed by atoms with Crippen molar-refractivity contribution in [2.45, 2.75) is 13.8 Å². The number of fused-ring (bicyclic) bond motifs is 1. The molecule has 0 unspecified atom stereocenters. The molecule has 4 aromatic rings. The Morgan fingerprint density at radius 2 is 1.93 bits per heavy atom. The molecule has 9 heteroatoms. The number of aryl methyl sites for hydroxylation is 2. The van der Waals surface area contributed by atoms with Crippen molar-refractivity contribution in [2.75, 3.05) is 0 Å². The van der Waals surface area contributed by atoms with Crippen molar-refractivity contribution in [2.24, 2.45) is 5.10 Å². The van der Waals surface area contributed by atoms with Crippen LogP contribution in [0.4, 0.5) is 4.39 Å². The number of carbonyl (C=O) groups excluding carboxylic acids is 1. The van der Waals surface area contributed by atoms with Crippen molar-refractivity contribution in [1.29, 1.82) is 0 Å². The highest BCUT2D eigenvalue weighted by Gasteiger charge is 2.16. The summed E-state index contributed by atoms with van der Waals surface area (Å²) in [6.07, 6.45) is 3.20. The molecule has 3 aromatic heterocycles. The van der Waals surface area contributed by atoms with E-state index in [0.717, 1.165) is 0 Å². The first kappa shape index (κ1) is 18.8. The molecule has 1 amide bonds. The van der Waals surface area contributed by atoms with E-state index < -0.39 is 5.91 Å². The number of carbonyl (C=O) groups is 1. The zero-order valence-electron chi connectivity index (χ0n) is 15.6. The minimum Gasteiger partial charge on any atom is -0.295 e. The molecule has 0 fully saturated rings. The van der Waals surface area contributed by atoms with Gasteiger partial charge in [0.25, 0.3) is 5.91 Å². The third-order valence-electron chi connectivity index (χ3n) is 4.40. The quantitative estimate of drug-likeness (QED) is 0.411. The van der Waals surface area contributed by atoms with Gasteiger partial charge in [-0.2, -0.15) is 10.2 Å². The lowest BCUT2D eigenvalue weighted by atomic mass is 10.3. The first-order chi connectivity index (χ1) is 14.0. The molecule has 1 N–H and O–H groups in total. The van der Waals surface area contributed by atoms with Gasteiger partial charge in [0.15, 0.2) is 0 Å². The number of pyridine rings is 1. The van der Waals surface area contributed by atoms with Crippen LogP contribution >= 0.6 is 11.6 Å². The number of imidazole rings is 1. The van der Waals surface area contributed by atoms with Crippen LogP contribution in [0.3, 0.4) is 0 Å². The third kappa shape index (κ3) is 3.50. The molecule has 0 aliphatic heterocycles. The summed E-state index contributed by atoms with van der Waals surface area (Å²) in [6, 6.07) is 11.3. The lowest BCUT2D eigenvalue weighted by Crippen LogP contribution is -2.20. The van der Waals surface area contributed by atoms with Crippen molar-refractivity contribution in [3.05, 3.63) is 82.3 Å². The van der Waals surface area contributed by atoms with Gasteiger partial charge in [0.2, 0.25) is 0 Å². The fourth-order valence-corrected chi connectivity index (χ4v) is 3.33. The van der Waals surface area contributed by atoms with Crippen LogP contribution in [0.25, 0.3) is 11.3 Å². The third-order valence-corrected chi connectivity index (χ3v) is 4.76. The topological polar surface area (TPSA) is 76.6 Å². The van der Waals surface area contributed by atoms with E-state index >= 15 is 0 Å². The summed E-state index contributed by atoms with van der Waals surface area (Å²) in [4.78, 5) is 16.9. The molecule has 146 valence electrons. The Labute approximate surface area is 170 Å². The SMILES string of the molecule is Cc1nn(-c2ccc(F)cc2)c(Cl)c1/C=N/NC(=O)c1c(C)nc2ccccn12. The van der Waals surface area contributed by atoms with E-state index in [4.69, 9.17) is 11.6 Å². The van der Waals surface area contributed by atoms with E-state index in [-0.39, 0.29) is 5.82 Å². The van der Waals surface area contributed by atoms with Gasteiger partial charge >= 0.3 is 0 Å². The van der Waals surface area contributed by atoms with Crippen molar-refractivity contribution in [3.8, 4) is 5.69 Å². The molecule has 0 radical (unpaired) electrons. The number of nitrogens with zero attached hydrogens (tertiary/aromatic N) is 5. The molecule has 3 heterocycles. The molecule has 0 bridgehead atoms. The molecule has 0 spiro atoms. The van der Waals surface area contributed by atoms with Gasteiger partial charge in [0.05, 0.1) is 28.9 Å². The van der Waals surface area contributed by atoms with Crippen molar-refractivity contribution < 1.29 is 9.18 Å². The molecule has 0 saturated heterocycles. The molecular formula is C20H16ClFN6O. The standard InChI is InChI=1S/C20H16ClFN6O/c1-12-16(19(21)28(26-12)15-8-6-14(22)7-9-15)11-23-25-20(29)18-13(2)24-17-5-3-4-10-27(17)18/h3-11H,1-2H3,(H,25,29)/b23-11+. The summed E-state index contributed by atoms with van der Waals surface area (Å²) in [5, 5.41) is 8.69. The highest BCUT2D eigenvalue weighted by molar-refractivity contribution is 6.32. The Morgan fingerprint density at radius 3 is 2.69 bits per heavy atom. The van der Waals surface area contributed by atoms with E-state index in [1.54, 1.807) is 36.6 Å². The van der Waals surface area contributed by atoms with Gasteiger partial charge in [0.1, 0.15) is 22.3 Å². The van der Waals surface area contributed by atoms with Crippen LogP contribution in [0.2, 0.25) is 5.15 Å². The van der Waals surface area contributed by atoms with E-state index in [9.17, 15) is 9.18 Å². The van der Waals surface area contributed by atoms with Crippen LogP contribution in [0, 0.1) is 19.7 Å². The zero-order chi connectivity index (χ0) is 20.5. The molecule has 0 saturated carbocycles. The van der Waals surface area contributed by atoms with Crippen LogP contribution in [0.15, 0.2) is 53.8 Å². The van der Waals surface area contributed by atoms with Gasteiger partial charge < -0.3 is 0 Å². The lowest BCUT2D eigenvalue weighted by Gasteiger charge is -2.03. The highest BCUT2D eigenvalue weighted by atomic mass is 35.5. The van der Waals surface area contributed by atoms with Crippen LogP contribution in [0.5, 0.6) is 0 Å². The summed E-state index contributed by atoms with van der Waals surface area (Å²) in [7, 11) is 0. The van der Waals surface area contributed by atoms with Gasteiger partial charge in [-0.3, -0.25) is 9.20 Å². The number of hydrazone groups is 1. The monoisotopic (exact) mass is 410 g/mol. The van der Waals surface area contributed by atoms with Gasteiger partial charge in [-0.1, -0.05) is 17.7 Å². The van der Waals surface area contributed by atoms with E-state index in [2.05, 4.69) is 20.6 Å². The predicted octanol–water partition coefficient (Wildman–Crippen LogP) is 3.69. The average Bonchev–Trinajstić information content (AvgIpc) is 3.18. The van der Waals surface area contributed by atoms with Crippen LogP contribution in [0.1, 0.15) is 27.4 Å². The van der Waals surface area contributed by atoms with E-state index in [1.165, 1.54) is 23.0 Å². The lowest BCUT2D eigenvalue weighted by molar-refractivity contribution is 0.0948. The number of hydrogen-bond acceptors (Lipinski definition) is 4. The van der Waals surface area contributed by atoms with E-state index in [0.29, 0.717) is 39.1 Å². The zero-order valence-corrected chi connectivity index (χ0v) is 16.4. The average molecular weight is 411 g/mol. The maximum absolute atomic E-state index is 13.1. The molecule has 29 heavy (non-hydrogen) atoms. The minimum atomic E-state index is -0.392. The maximum atomic E-state index is 13.1. The number of benzene rings is 1. The van der Waals surface area contributed by atoms with Gasteiger partial charge in [-0.15, -0.1) is 0 Å². The minimum absolute atomic E-state index is 0.304. The highest BCUT2D eigenvalue weighted by Crippen LogP contribution is 2.22. The molecule has 0 aliphatic carbocycles. The van der Waals surface area contributed by atoms with Gasteiger partial charge in [-0.25, -0.2) is 19.5 Å². The summed E-state index contributed by atoms with van der Waals surface area (Å²) in [6.45, 7) is 3.53. The van der Waals surface area contributed by atoms with E-state index in [1.807, 2.05) is 18.2 Å². The first-order valence-electron chi connectivity index (χ1n) is 8.74. The number of halogens is 2. The number of nitrogens with one attached hydrogen (secondary N) is 1. The van der Waals surface area contributed by atoms with Gasteiger partial charge in [-0.05, 0) is 50.2 Å². The predicted molar refractivity (Wildman–Crippen MR) is 108 cm³/mol. The van der Waals surface area contributed by atoms with Crippen molar-refractivity contribution >= 4 is 29.4 Å². The second kappa shape index (κ2) is 7.48. The number of hydrogen-bond donors (Lipinski definition) is 1. The Kier molecular flexibility index (Phi) is 4.85. The number of aromatic nitrogens is 4. The van der Waals surface area contributed by atoms with Crippen LogP contribution in [-0.2, 0) is 0 Å². The molecule has 0 atom stereocenters. The number of amides is 1. The Balaban J connectivity index is 1.57.